The highest BCUT2D eigenvalue weighted by Crippen LogP contribution is 2.35. The summed E-state index contributed by atoms with van der Waals surface area (Å²) in [6.07, 6.45) is 3.14. The molecule has 0 radical (unpaired) electrons. The number of nitrogens with one attached hydrogen (secondary N) is 1. The molecule has 0 fully saturated rings. The number of anilines is 1. The van der Waals surface area contributed by atoms with Gasteiger partial charge in [0.05, 0.1) is 5.69 Å². The zero-order valence-electron chi connectivity index (χ0n) is 9.67. The van der Waals surface area contributed by atoms with Crippen LogP contribution in [0, 0.1) is 11.6 Å². The minimum absolute atomic E-state index is 0.372. The van der Waals surface area contributed by atoms with E-state index in [0.717, 1.165) is 42.6 Å². The van der Waals surface area contributed by atoms with Crippen LogP contribution in [0.5, 0.6) is 0 Å². The lowest BCUT2D eigenvalue weighted by Gasteiger charge is -1.99. The second-order valence-electron chi connectivity index (χ2n) is 4.30. The van der Waals surface area contributed by atoms with E-state index in [1.54, 1.807) is 0 Å². The number of benzene rings is 1. The quantitative estimate of drug-likeness (QED) is 0.848. The second-order valence-corrected chi connectivity index (χ2v) is 5.30. The monoisotopic (exact) mass is 266 g/mol. The fourth-order valence-electron chi connectivity index (χ4n) is 2.06. The Morgan fingerprint density at radius 3 is 2.94 bits per heavy atom. The second kappa shape index (κ2) is 4.65. The molecule has 2 heterocycles. The van der Waals surface area contributed by atoms with Crippen molar-refractivity contribution in [3.63, 3.8) is 0 Å². The fourth-order valence-corrected chi connectivity index (χ4v) is 3.12. The first-order valence-corrected chi connectivity index (χ1v) is 6.75. The van der Waals surface area contributed by atoms with Gasteiger partial charge in [0.2, 0.25) is 0 Å². The Morgan fingerprint density at radius 1 is 1.22 bits per heavy atom. The number of nitrogens with zero attached hydrogens (tertiary/aromatic N) is 1. The molecule has 0 unspecified atom stereocenters. The van der Waals surface area contributed by atoms with Gasteiger partial charge in [-0.2, -0.15) is 0 Å². The van der Waals surface area contributed by atoms with Gasteiger partial charge in [-0.05, 0) is 31.4 Å². The Balaban J connectivity index is 2.02. The molecule has 1 aromatic carbocycles. The molecule has 0 atom stereocenters. The van der Waals surface area contributed by atoms with E-state index in [1.807, 2.05) is 0 Å². The Morgan fingerprint density at radius 2 is 2.11 bits per heavy atom. The first-order chi connectivity index (χ1) is 8.74. The molecular weight excluding hydrogens is 254 g/mol. The number of hydrogen-bond donors (Lipinski definition) is 1. The first-order valence-electron chi connectivity index (χ1n) is 5.93. The van der Waals surface area contributed by atoms with E-state index in [-0.39, 0.29) is 0 Å². The first kappa shape index (κ1) is 11.6. The van der Waals surface area contributed by atoms with Crippen LogP contribution in [0.15, 0.2) is 18.2 Å². The SMILES string of the molecule is Fc1ccc(-c2nc3c(s2)NCCCC3)c(F)c1. The zero-order valence-corrected chi connectivity index (χ0v) is 10.5. The van der Waals surface area contributed by atoms with Gasteiger partial charge in [-0.25, -0.2) is 13.8 Å². The number of fused-ring (bicyclic) bond motifs is 1. The van der Waals surface area contributed by atoms with Gasteiger partial charge in [0.25, 0.3) is 0 Å². The van der Waals surface area contributed by atoms with Crippen molar-refractivity contribution in [2.24, 2.45) is 0 Å². The molecule has 1 aliphatic rings. The fraction of sp³-hybridized carbons (Fsp3) is 0.308. The van der Waals surface area contributed by atoms with Gasteiger partial charge in [-0.3, -0.25) is 0 Å². The Bertz CT molecular complexity index is 557. The maximum atomic E-state index is 13.7. The number of hydrogen-bond acceptors (Lipinski definition) is 3. The van der Waals surface area contributed by atoms with Crippen molar-refractivity contribution in [1.29, 1.82) is 0 Å². The molecule has 0 saturated heterocycles. The average molecular weight is 266 g/mol. The van der Waals surface area contributed by atoms with Crippen molar-refractivity contribution in [3.05, 3.63) is 35.5 Å². The van der Waals surface area contributed by atoms with Crippen LogP contribution in [0.1, 0.15) is 18.5 Å². The molecule has 94 valence electrons. The van der Waals surface area contributed by atoms with Gasteiger partial charge in [-0.15, -0.1) is 0 Å². The Kier molecular flexibility index (Phi) is 2.99. The molecule has 1 N–H and O–H groups in total. The highest BCUT2D eigenvalue weighted by atomic mass is 32.1. The number of rotatable bonds is 1. The van der Waals surface area contributed by atoms with Gasteiger partial charge < -0.3 is 5.32 Å². The van der Waals surface area contributed by atoms with Gasteiger partial charge >= 0.3 is 0 Å². The molecule has 1 aromatic heterocycles. The maximum absolute atomic E-state index is 13.7. The van der Waals surface area contributed by atoms with E-state index >= 15 is 0 Å². The summed E-state index contributed by atoms with van der Waals surface area (Å²) in [5.74, 6) is -1.12. The van der Waals surface area contributed by atoms with Crippen LogP contribution < -0.4 is 5.32 Å². The van der Waals surface area contributed by atoms with Crippen LogP contribution in [-0.4, -0.2) is 11.5 Å². The van der Waals surface area contributed by atoms with Gasteiger partial charge in [-0.1, -0.05) is 11.3 Å². The standard InChI is InChI=1S/C13H12F2N2S/c14-8-4-5-9(10(15)7-8)12-17-11-3-1-2-6-16-13(11)18-12/h4-5,7,16H,1-3,6H2. The Hall–Kier alpha value is -1.49. The molecule has 0 aliphatic carbocycles. The molecule has 5 heteroatoms. The van der Waals surface area contributed by atoms with Gasteiger partial charge in [0, 0.05) is 18.2 Å². The number of aromatic nitrogens is 1. The molecule has 0 amide bonds. The van der Waals surface area contributed by atoms with Crippen LogP contribution in [0.4, 0.5) is 13.8 Å². The summed E-state index contributed by atoms with van der Waals surface area (Å²) in [4.78, 5) is 4.47. The van der Waals surface area contributed by atoms with E-state index < -0.39 is 11.6 Å². The third-order valence-corrected chi connectivity index (χ3v) is 4.07. The predicted molar refractivity (Wildman–Crippen MR) is 68.9 cm³/mol. The van der Waals surface area contributed by atoms with E-state index in [2.05, 4.69) is 10.3 Å². The largest absolute Gasteiger partial charge is 0.375 e. The molecular formula is C13H12F2N2S. The molecule has 2 aromatic rings. The Labute approximate surface area is 108 Å². The van der Waals surface area contributed by atoms with Crippen LogP contribution in [0.2, 0.25) is 0 Å². The van der Waals surface area contributed by atoms with E-state index in [9.17, 15) is 8.78 Å². The average Bonchev–Trinajstić information content (AvgIpc) is 2.60. The topological polar surface area (TPSA) is 24.9 Å². The molecule has 3 rings (SSSR count). The summed E-state index contributed by atoms with van der Waals surface area (Å²) in [6, 6.07) is 3.61. The minimum Gasteiger partial charge on any atom is -0.375 e. The molecule has 0 spiro atoms. The summed E-state index contributed by atoms with van der Waals surface area (Å²) < 4.78 is 26.6. The lowest BCUT2D eigenvalue weighted by Crippen LogP contribution is -1.96. The van der Waals surface area contributed by atoms with Crippen molar-refractivity contribution >= 4 is 16.3 Å². The van der Waals surface area contributed by atoms with Gasteiger partial charge in [0.15, 0.2) is 0 Å². The highest BCUT2D eigenvalue weighted by Gasteiger charge is 2.17. The van der Waals surface area contributed by atoms with Crippen LogP contribution in [0.3, 0.4) is 0 Å². The molecule has 2 nitrogen and oxygen atoms in total. The lowest BCUT2D eigenvalue weighted by molar-refractivity contribution is 0.585. The summed E-state index contributed by atoms with van der Waals surface area (Å²) >= 11 is 1.44. The van der Waals surface area contributed by atoms with E-state index in [4.69, 9.17) is 0 Å². The van der Waals surface area contributed by atoms with Crippen molar-refractivity contribution in [1.82, 2.24) is 4.98 Å². The van der Waals surface area contributed by atoms with Crippen molar-refractivity contribution in [2.45, 2.75) is 19.3 Å². The van der Waals surface area contributed by atoms with Gasteiger partial charge in [0.1, 0.15) is 21.6 Å². The summed E-state index contributed by atoms with van der Waals surface area (Å²) in [5.41, 5.74) is 1.37. The normalized spacial score (nSPS) is 14.8. The van der Waals surface area contributed by atoms with Crippen molar-refractivity contribution in [3.8, 4) is 10.6 Å². The molecule has 0 bridgehead atoms. The summed E-state index contributed by atoms with van der Waals surface area (Å²) in [6.45, 7) is 0.931. The number of thiazole rings is 1. The molecule has 1 aliphatic heterocycles. The summed E-state index contributed by atoms with van der Waals surface area (Å²) in [5, 5.41) is 4.94. The van der Waals surface area contributed by atoms with Crippen molar-refractivity contribution < 1.29 is 8.78 Å². The highest BCUT2D eigenvalue weighted by molar-refractivity contribution is 7.19. The van der Waals surface area contributed by atoms with Crippen LogP contribution >= 0.6 is 11.3 Å². The number of aryl methyl sites for hydroxylation is 1. The third-order valence-electron chi connectivity index (χ3n) is 2.98. The van der Waals surface area contributed by atoms with Crippen LogP contribution in [0.25, 0.3) is 10.6 Å². The van der Waals surface area contributed by atoms with E-state index in [1.165, 1.54) is 23.5 Å². The lowest BCUT2D eigenvalue weighted by atomic mass is 10.2. The van der Waals surface area contributed by atoms with E-state index in [0.29, 0.717) is 10.6 Å². The minimum atomic E-state index is -0.563. The van der Waals surface area contributed by atoms with Crippen molar-refractivity contribution in [2.75, 3.05) is 11.9 Å². The van der Waals surface area contributed by atoms with Crippen LogP contribution in [-0.2, 0) is 6.42 Å². The zero-order chi connectivity index (χ0) is 12.5. The molecule has 18 heavy (non-hydrogen) atoms. The third kappa shape index (κ3) is 2.10. The maximum Gasteiger partial charge on any atom is 0.136 e. The predicted octanol–water partition coefficient (Wildman–Crippen LogP) is 3.84. The molecule has 0 saturated carbocycles. The smallest absolute Gasteiger partial charge is 0.136 e. The summed E-state index contributed by atoms with van der Waals surface area (Å²) in [7, 11) is 0. The number of halogens is 2.